The van der Waals surface area contributed by atoms with E-state index in [1.165, 1.54) is 63.4 Å². The van der Waals surface area contributed by atoms with E-state index in [-0.39, 0.29) is 0 Å². The average Bonchev–Trinajstić information content (AvgIpc) is 2.56. The SMILES string of the molecule is CCCCCCCCCCCCN(C=O)Cc1ccccc1. The maximum Gasteiger partial charge on any atom is 0.210 e. The Labute approximate surface area is 136 Å². The Kier molecular flexibility index (Phi) is 11.4. The Hall–Kier alpha value is -1.31. The van der Waals surface area contributed by atoms with Gasteiger partial charge in [0.2, 0.25) is 6.41 Å². The van der Waals surface area contributed by atoms with Crippen LogP contribution >= 0.6 is 0 Å². The standard InChI is InChI=1S/C20H33NO/c1-2-3-4-5-6-7-8-9-10-14-17-21(19-22)18-20-15-12-11-13-16-20/h11-13,15-16,19H,2-10,14,17-18H2,1H3. The lowest BCUT2D eigenvalue weighted by Gasteiger charge is -2.17. The van der Waals surface area contributed by atoms with Crippen LogP contribution in [0.25, 0.3) is 0 Å². The molecule has 1 rings (SSSR count). The number of carbonyl (C=O) groups is 1. The van der Waals surface area contributed by atoms with E-state index in [4.69, 9.17) is 0 Å². The van der Waals surface area contributed by atoms with Crippen molar-refractivity contribution < 1.29 is 4.79 Å². The van der Waals surface area contributed by atoms with Gasteiger partial charge in [-0.15, -0.1) is 0 Å². The molecule has 0 aliphatic carbocycles. The van der Waals surface area contributed by atoms with E-state index in [2.05, 4.69) is 19.1 Å². The van der Waals surface area contributed by atoms with Crippen LogP contribution in [0, 0.1) is 0 Å². The minimum atomic E-state index is 0.738. The molecule has 0 bridgehead atoms. The number of carbonyl (C=O) groups excluding carboxylic acids is 1. The lowest BCUT2D eigenvalue weighted by molar-refractivity contribution is -0.118. The minimum absolute atomic E-state index is 0.738. The third-order valence-corrected chi connectivity index (χ3v) is 4.18. The second-order valence-electron chi connectivity index (χ2n) is 6.24. The van der Waals surface area contributed by atoms with Gasteiger partial charge in [-0.1, -0.05) is 95.0 Å². The summed E-state index contributed by atoms with van der Waals surface area (Å²) in [4.78, 5) is 13.0. The van der Waals surface area contributed by atoms with Crippen molar-refractivity contribution in [3.63, 3.8) is 0 Å². The van der Waals surface area contributed by atoms with Crippen molar-refractivity contribution in [2.75, 3.05) is 6.54 Å². The Morgan fingerprint density at radius 2 is 1.36 bits per heavy atom. The fourth-order valence-corrected chi connectivity index (χ4v) is 2.79. The third kappa shape index (κ3) is 9.59. The summed E-state index contributed by atoms with van der Waals surface area (Å²) in [5.74, 6) is 0. The molecular weight excluding hydrogens is 270 g/mol. The number of amides is 1. The molecule has 1 amide bonds. The molecule has 1 aromatic rings. The molecule has 0 spiro atoms. The van der Waals surface area contributed by atoms with Gasteiger partial charge in [0.25, 0.3) is 0 Å². The van der Waals surface area contributed by atoms with Crippen LogP contribution in [0.3, 0.4) is 0 Å². The van der Waals surface area contributed by atoms with Crippen LogP contribution in [-0.4, -0.2) is 17.9 Å². The van der Waals surface area contributed by atoms with Crippen LogP contribution in [0.4, 0.5) is 0 Å². The van der Waals surface area contributed by atoms with Crippen molar-refractivity contribution >= 4 is 6.41 Å². The van der Waals surface area contributed by atoms with Gasteiger partial charge in [0, 0.05) is 13.1 Å². The Morgan fingerprint density at radius 3 is 1.91 bits per heavy atom. The van der Waals surface area contributed by atoms with E-state index >= 15 is 0 Å². The van der Waals surface area contributed by atoms with Gasteiger partial charge < -0.3 is 4.90 Å². The molecule has 0 aliphatic heterocycles. The molecule has 0 saturated heterocycles. The van der Waals surface area contributed by atoms with Crippen molar-refractivity contribution in [3.8, 4) is 0 Å². The van der Waals surface area contributed by atoms with Gasteiger partial charge in [0.1, 0.15) is 0 Å². The molecule has 0 saturated carbocycles. The van der Waals surface area contributed by atoms with Crippen LogP contribution in [0.5, 0.6) is 0 Å². The van der Waals surface area contributed by atoms with Crippen molar-refractivity contribution in [2.45, 2.75) is 77.7 Å². The maximum absolute atomic E-state index is 11.1. The molecule has 0 radical (unpaired) electrons. The van der Waals surface area contributed by atoms with Crippen molar-refractivity contribution in [1.82, 2.24) is 4.90 Å². The zero-order valence-electron chi connectivity index (χ0n) is 14.3. The van der Waals surface area contributed by atoms with E-state index < -0.39 is 0 Å². The molecule has 0 fully saturated rings. The predicted molar refractivity (Wildman–Crippen MR) is 94.8 cm³/mol. The van der Waals surface area contributed by atoms with Crippen LogP contribution in [0.2, 0.25) is 0 Å². The van der Waals surface area contributed by atoms with Gasteiger partial charge in [0.05, 0.1) is 0 Å². The fourth-order valence-electron chi connectivity index (χ4n) is 2.79. The van der Waals surface area contributed by atoms with E-state index in [0.717, 1.165) is 25.9 Å². The molecule has 124 valence electrons. The van der Waals surface area contributed by atoms with E-state index in [9.17, 15) is 4.79 Å². The molecule has 0 N–H and O–H groups in total. The first-order valence-corrected chi connectivity index (χ1v) is 9.10. The van der Waals surface area contributed by atoms with Crippen LogP contribution in [0.15, 0.2) is 30.3 Å². The molecule has 2 heteroatoms. The largest absolute Gasteiger partial charge is 0.341 e. The highest BCUT2D eigenvalue weighted by Crippen LogP contribution is 2.11. The first-order valence-electron chi connectivity index (χ1n) is 9.10. The second kappa shape index (κ2) is 13.4. The van der Waals surface area contributed by atoms with Gasteiger partial charge in [-0.2, -0.15) is 0 Å². The number of rotatable bonds is 14. The highest BCUT2D eigenvalue weighted by atomic mass is 16.1. The summed E-state index contributed by atoms with van der Waals surface area (Å²) < 4.78 is 0. The van der Waals surface area contributed by atoms with Crippen LogP contribution in [-0.2, 0) is 11.3 Å². The van der Waals surface area contributed by atoms with E-state index in [1.807, 2.05) is 23.1 Å². The van der Waals surface area contributed by atoms with E-state index in [0.29, 0.717) is 0 Å². The zero-order chi connectivity index (χ0) is 15.9. The highest BCUT2D eigenvalue weighted by Gasteiger charge is 2.02. The first kappa shape index (κ1) is 18.7. The Morgan fingerprint density at radius 1 is 0.818 bits per heavy atom. The molecule has 0 aliphatic rings. The predicted octanol–water partition coefficient (Wildman–Crippen LogP) is 5.57. The summed E-state index contributed by atoms with van der Waals surface area (Å²) >= 11 is 0. The summed E-state index contributed by atoms with van der Waals surface area (Å²) in [6, 6.07) is 10.2. The monoisotopic (exact) mass is 303 g/mol. The summed E-state index contributed by atoms with van der Waals surface area (Å²) in [5, 5.41) is 0. The van der Waals surface area contributed by atoms with Gasteiger partial charge >= 0.3 is 0 Å². The quantitative estimate of drug-likeness (QED) is 0.325. The van der Waals surface area contributed by atoms with Crippen molar-refractivity contribution in [3.05, 3.63) is 35.9 Å². The smallest absolute Gasteiger partial charge is 0.210 e. The van der Waals surface area contributed by atoms with Crippen LogP contribution in [0.1, 0.15) is 76.7 Å². The van der Waals surface area contributed by atoms with Crippen molar-refractivity contribution in [1.29, 1.82) is 0 Å². The minimum Gasteiger partial charge on any atom is -0.341 e. The number of hydrogen-bond acceptors (Lipinski definition) is 1. The first-order chi connectivity index (χ1) is 10.9. The number of nitrogens with zero attached hydrogens (tertiary/aromatic N) is 1. The summed E-state index contributed by atoms with van der Waals surface area (Å²) in [6.07, 6.45) is 14.3. The molecular formula is C20H33NO. The molecule has 0 unspecified atom stereocenters. The number of hydrogen-bond donors (Lipinski definition) is 0. The fraction of sp³-hybridized carbons (Fsp3) is 0.650. The number of benzene rings is 1. The van der Waals surface area contributed by atoms with Gasteiger partial charge in [-0.25, -0.2) is 0 Å². The molecule has 0 heterocycles. The Bertz CT molecular complexity index is 363. The highest BCUT2D eigenvalue weighted by molar-refractivity contribution is 5.47. The molecule has 0 atom stereocenters. The van der Waals surface area contributed by atoms with Crippen LogP contribution < -0.4 is 0 Å². The van der Waals surface area contributed by atoms with Crippen molar-refractivity contribution in [2.24, 2.45) is 0 Å². The normalized spacial score (nSPS) is 10.6. The third-order valence-electron chi connectivity index (χ3n) is 4.18. The molecule has 0 aromatic heterocycles. The summed E-state index contributed by atoms with van der Waals surface area (Å²) in [7, 11) is 0. The topological polar surface area (TPSA) is 20.3 Å². The van der Waals surface area contributed by atoms with Gasteiger partial charge in [0.15, 0.2) is 0 Å². The lowest BCUT2D eigenvalue weighted by atomic mass is 10.1. The molecule has 2 nitrogen and oxygen atoms in total. The lowest BCUT2D eigenvalue weighted by Crippen LogP contribution is -2.22. The Balaban J connectivity index is 1.97. The zero-order valence-corrected chi connectivity index (χ0v) is 14.3. The van der Waals surface area contributed by atoms with Gasteiger partial charge in [-0.05, 0) is 12.0 Å². The molecule has 1 aromatic carbocycles. The molecule has 22 heavy (non-hydrogen) atoms. The maximum atomic E-state index is 11.1. The van der Waals surface area contributed by atoms with Gasteiger partial charge in [-0.3, -0.25) is 4.79 Å². The number of unbranched alkanes of at least 4 members (excludes halogenated alkanes) is 9. The summed E-state index contributed by atoms with van der Waals surface area (Å²) in [6.45, 7) is 3.89. The second-order valence-corrected chi connectivity index (χ2v) is 6.24. The van der Waals surface area contributed by atoms with E-state index in [1.54, 1.807) is 0 Å². The average molecular weight is 303 g/mol. The summed E-state index contributed by atoms with van der Waals surface area (Å²) in [5.41, 5.74) is 1.21.